The maximum Gasteiger partial charge on any atom is 0.218 e. The molecule has 1 fully saturated rings. The van der Waals surface area contributed by atoms with Gasteiger partial charge in [0, 0.05) is 29.6 Å². The summed E-state index contributed by atoms with van der Waals surface area (Å²) in [6.07, 6.45) is 10.7. The Labute approximate surface area is 121 Å². The van der Waals surface area contributed by atoms with E-state index < -0.39 is 0 Å². The van der Waals surface area contributed by atoms with E-state index in [1.165, 1.54) is 37.7 Å². The van der Waals surface area contributed by atoms with Gasteiger partial charge in [0.15, 0.2) is 0 Å². The lowest BCUT2D eigenvalue weighted by atomic mass is 9.86. The van der Waals surface area contributed by atoms with E-state index in [0.717, 1.165) is 11.6 Å². The second-order valence-corrected chi connectivity index (χ2v) is 5.99. The fraction of sp³-hybridized carbons (Fsp3) is 0.588. The number of H-pyrrole nitrogens is 1. The van der Waals surface area contributed by atoms with Crippen LogP contribution in [0.25, 0.3) is 0 Å². The van der Waals surface area contributed by atoms with Gasteiger partial charge in [-0.05, 0) is 44.2 Å². The minimum atomic E-state index is 0.325. The van der Waals surface area contributed by atoms with Crippen LogP contribution in [-0.2, 0) is 0 Å². The van der Waals surface area contributed by atoms with Crippen molar-refractivity contribution in [1.82, 2.24) is 9.97 Å². The Kier molecular flexibility index (Phi) is 3.95. The number of aryl methyl sites for hydroxylation is 1. The first-order valence-electron chi connectivity index (χ1n) is 7.85. The van der Waals surface area contributed by atoms with Crippen LogP contribution in [0.1, 0.15) is 56.2 Å². The molecular weight excluding hydrogens is 248 g/mol. The summed E-state index contributed by atoms with van der Waals surface area (Å²) in [5.41, 5.74) is 2.25. The minimum Gasteiger partial charge on any atom is -0.473 e. The largest absolute Gasteiger partial charge is 0.473 e. The predicted molar refractivity (Wildman–Crippen MR) is 80.4 cm³/mol. The van der Waals surface area contributed by atoms with Crippen molar-refractivity contribution in [2.75, 3.05) is 0 Å². The molecule has 1 aromatic heterocycles. The van der Waals surface area contributed by atoms with Crippen molar-refractivity contribution >= 4 is 0 Å². The number of nitrogens with zero attached hydrogens (tertiary/aromatic N) is 1. The van der Waals surface area contributed by atoms with Gasteiger partial charge in [-0.25, -0.2) is 4.98 Å². The highest BCUT2D eigenvalue weighted by atomic mass is 16.5. The third-order valence-electron chi connectivity index (χ3n) is 4.67. The van der Waals surface area contributed by atoms with E-state index in [4.69, 9.17) is 4.74 Å². The molecule has 0 bridgehead atoms. The fourth-order valence-corrected chi connectivity index (χ4v) is 3.57. The molecule has 1 aliphatic carbocycles. The van der Waals surface area contributed by atoms with Gasteiger partial charge in [-0.15, -0.1) is 0 Å². The van der Waals surface area contributed by atoms with Gasteiger partial charge in [-0.1, -0.05) is 19.8 Å². The van der Waals surface area contributed by atoms with Gasteiger partial charge in [0.1, 0.15) is 6.10 Å². The molecule has 108 valence electrons. The van der Waals surface area contributed by atoms with Crippen LogP contribution in [0, 0.1) is 12.8 Å². The van der Waals surface area contributed by atoms with Crippen LogP contribution in [-0.4, -0.2) is 16.1 Å². The molecule has 2 heterocycles. The molecule has 0 saturated heterocycles. The third-order valence-corrected chi connectivity index (χ3v) is 4.67. The summed E-state index contributed by atoms with van der Waals surface area (Å²) in [5.74, 6) is 2.01. The molecule has 0 aromatic carbocycles. The topological polar surface area (TPSA) is 37.9 Å². The molecule has 2 aliphatic rings. The van der Waals surface area contributed by atoms with E-state index in [2.05, 4.69) is 23.1 Å². The molecular formula is C17H24N2O. The third kappa shape index (κ3) is 2.54. The van der Waals surface area contributed by atoms with Crippen molar-refractivity contribution in [3.63, 3.8) is 0 Å². The quantitative estimate of drug-likeness (QED) is 0.828. The number of aromatic amines is 1. The number of aromatic nitrogens is 2. The standard InChI is InChI=1S/C17H24N2O/c1-3-13-8-4-5-9-14-15-11-18-10-6-7-12(2)19-17(15)20-16(13)14/h6-7,10-11,13-14,16,18H,3-5,8-9H2,1-2H3. The molecule has 0 radical (unpaired) electrons. The first-order valence-corrected chi connectivity index (χ1v) is 7.85. The average molecular weight is 272 g/mol. The van der Waals surface area contributed by atoms with Crippen molar-refractivity contribution in [3.05, 3.63) is 35.8 Å². The zero-order chi connectivity index (χ0) is 13.9. The Morgan fingerprint density at radius 2 is 2.20 bits per heavy atom. The number of ether oxygens (including phenoxy) is 1. The van der Waals surface area contributed by atoms with E-state index in [1.807, 2.05) is 25.3 Å². The lowest BCUT2D eigenvalue weighted by Gasteiger charge is -2.23. The van der Waals surface area contributed by atoms with Crippen molar-refractivity contribution in [3.8, 4) is 5.88 Å². The van der Waals surface area contributed by atoms with Crippen molar-refractivity contribution in [1.29, 1.82) is 0 Å². The summed E-state index contributed by atoms with van der Waals surface area (Å²) >= 11 is 0. The van der Waals surface area contributed by atoms with E-state index in [1.54, 1.807) is 0 Å². The molecule has 3 heteroatoms. The minimum absolute atomic E-state index is 0.325. The maximum absolute atomic E-state index is 6.29. The number of nitrogens with one attached hydrogen (secondary N) is 1. The fourth-order valence-electron chi connectivity index (χ4n) is 3.57. The van der Waals surface area contributed by atoms with Gasteiger partial charge in [0.25, 0.3) is 0 Å². The van der Waals surface area contributed by atoms with Crippen molar-refractivity contribution in [2.24, 2.45) is 5.92 Å². The SMILES string of the molecule is CCC1CCCCC2c3c[nH]cccc(C)nc3OC12. The Morgan fingerprint density at radius 1 is 1.35 bits per heavy atom. The van der Waals surface area contributed by atoms with Crippen LogP contribution in [0.15, 0.2) is 24.5 Å². The molecule has 3 rings (SSSR count). The molecule has 1 aliphatic heterocycles. The molecule has 1 aromatic rings. The Hall–Kier alpha value is -1.51. The molecule has 1 N–H and O–H groups in total. The van der Waals surface area contributed by atoms with Crippen molar-refractivity contribution < 1.29 is 4.74 Å². The molecule has 3 nitrogen and oxygen atoms in total. The molecule has 20 heavy (non-hydrogen) atoms. The van der Waals surface area contributed by atoms with E-state index in [0.29, 0.717) is 17.9 Å². The molecule has 1 saturated carbocycles. The summed E-state index contributed by atoms with van der Waals surface area (Å²) in [4.78, 5) is 7.94. The van der Waals surface area contributed by atoms with Crippen LogP contribution >= 0.6 is 0 Å². The first kappa shape index (κ1) is 13.5. The first-order chi connectivity index (χ1) is 9.79. The monoisotopic (exact) mass is 272 g/mol. The van der Waals surface area contributed by atoms with Gasteiger partial charge < -0.3 is 9.72 Å². The van der Waals surface area contributed by atoms with Crippen LogP contribution in [0.2, 0.25) is 0 Å². The van der Waals surface area contributed by atoms with E-state index in [-0.39, 0.29) is 0 Å². The lowest BCUT2D eigenvalue weighted by Crippen LogP contribution is -2.27. The highest BCUT2D eigenvalue weighted by molar-refractivity contribution is 5.33. The summed E-state index contributed by atoms with van der Waals surface area (Å²) in [7, 11) is 0. The number of hydrogen-bond acceptors (Lipinski definition) is 2. The second-order valence-electron chi connectivity index (χ2n) is 5.99. The van der Waals surface area contributed by atoms with Gasteiger partial charge in [-0.3, -0.25) is 0 Å². The molecule has 3 unspecified atom stereocenters. The lowest BCUT2D eigenvalue weighted by molar-refractivity contribution is 0.128. The highest BCUT2D eigenvalue weighted by Crippen LogP contribution is 2.45. The van der Waals surface area contributed by atoms with Crippen LogP contribution in [0.3, 0.4) is 0 Å². The number of fused-ring (bicyclic) bond motifs is 3. The van der Waals surface area contributed by atoms with E-state index in [9.17, 15) is 0 Å². The molecule has 3 atom stereocenters. The summed E-state index contributed by atoms with van der Waals surface area (Å²) < 4.78 is 6.29. The maximum atomic E-state index is 6.29. The average Bonchev–Trinajstić information content (AvgIpc) is 2.67. The van der Waals surface area contributed by atoms with Crippen LogP contribution < -0.4 is 4.74 Å². The smallest absolute Gasteiger partial charge is 0.218 e. The van der Waals surface area contributed by atoms with Gasteiger partial charge in [-0.2, -0.15) is 0 Å². The predicted octanol–water partition coefficient (Wildman–Crippen LogP) is 4.29. The second kappa shape index (κ2) is 5.86. The number of hydrogen-bond donors (Lipinski definition) is 1. The van der Waals surface area contributed by atoms with Crippen LogP contribution in [0.5, 0.6) is 5.88 Å². The Balaban J connectivity index is 2.06. The molecule has 0 spiro atoms. The van der Waals surface area contributed by atoms with Crippen LogP contribution in [0.4, 0.5) is 0 Å². The summed E-state index contributed by atoms with van der Waals surface area (Å²) in [6.45, 7) is 4.30. The molecule has 0 amide bonds. The highest BCUT2D eigenvalue weighted by Gasteiger charge is 2.40. The van der Waals surface area contributed by atoms with Gasteiger partial charge >= 0.3 is 0 Å². The van der Waals surface area contributed by atoms with E-state index >= 15 is 0 Å². The van der Waals surface area contributed by atoms with Crippen molar-refractivity contribution in [2.45, 2.75) is 58.0 Å². The zero-order valence-corrected chi connectivity index (χ0v) is 12.4. The zero-order valence-electron chi connectivity index (χ0n) is 12.4. The number of rotatable bonds is 1. The normalized spacial score (nSPS) is 27.8. The van der Waals surface area contributed by atoms with Gasteiger partial charge in [0.05, 0.1) is 0 Å². The Bertz CT molecular complexity index is 522. The summed E-state index contributed by atoms with van der Waals surface area (Å²) in [5, 5.41) is 0. The Morgan fingerprint density at radius 3 is 3.05 bits per heavy atom. The summed E-state index contributed by atoms with van der Waals surface area (Å²) in [6, 6.07) is 3.99. The van der Waals surface area contributed by atoms with Gasteiger partial charge in [0.2, 0.25) is 5.88 Å².